The van der Waals surface area contributed by atoms with E-state index in [2.05, 4.69) is 74.9 Å². The van der Waals surface area contributed by atoms with Gasteiger partial charge < -0.3 is 57.6 Å². The number of aryl methyl sites for hydroxylation is 6. The Morgan fingerprint density at radius 3 is 1.49 bits per heavy atom. The number of nitro groups is 1. The third-order valence-corrected chi connectivity index (χ3v) is 16.0. The Morgan fingerprint density at radius 1 is 0.535 bits per heavy atom. The summed E-state index contributed by atoms with van der Waals surface area (Å²) in [5.41, 5.74) is 22.4. The van der Waals surface area contributed by atoms with Crippen molar-refractivity contribution in [2.75, 3.05) is 106 Å². The van der Waals surface area contributed by atoms with E-state index in [1.54, 1.807) is 42.5 Å². The number of nitrogens with two attached hydrogens (primary N) is 2. The molecule has 4 aromatic heterocycles. The summed E-state index contributed by atoms with van der Waals surface area (Å²) in [7, 11) is 0. The van der Waals surface area contributed by atoms with Gasteiger partial charge in [-0.3, -0.25) is 30.0 Å². The van der Waals surface area contributed by atoms with Crippen LogP contribution >= 0.6 is 11.6 Å². The maximum atomic E-state index is 12.5. The number of halogens is 1. The predicted molar refractivity (Wildman–Crippen MR) is 380 cm³/mol. The number of carbonyl (C=O) groups excluding carboxylic acids is 1. The monoisotopic (exact) mass is 1380 g/mol. The summed E-state index contributed by atoms with van der Waals surface area (Å²) in [5, 5.41) is 92.9. The van der Waals surface area contributed by atoms with Crippen molar-refractivity contribution in [2.45, 2.75) is 99.8 Å². The number of morpholine rings is 2. The van der Waals surface area contributed by atoms with Crippen LogP contribution in [0, 0.1) is 36.2 Å². The molecule has 526 valence electrons. The number of hydrogen-bond donors (Lipinski definition) is 5. The van der Waals surface area contributed by atoms with Gasteiger partial charge in [-0.05, 0) is 160 Å². The van der Waals surface area contributed by atoms with Crippen molar-refractivity contribution >= 4 is 96.5 Å². The number of benzene rings is 6. The van der Waals surface area contributed by atoms with E-state index in [9.17, 15) is 40.9 Å². The van der Waals surface area contributed by atoms with Gasteiger partial charge in [-0.25, -0.2) is 19.7 Å². The highest BCUT2D eigenvalue weighted by Gasteiger charge is 2.21. The van der Waals surface area contributed by atoms with Crippen LogP contribution in [0.25, 0.3) is 44.1 Å². The molecule has 2 aliphatic heterocycles. The van der Waals surface area contributed by atoms with Gasteiger partial charge in [0, 0.05) is 92.2 Å². The number of ether oxygens (including phenoxy) is 2. The minimum atomic E-state index is -0.477. The first-order chi connectivity index (χ1) is 47.7. The number of rotatable bonds is 18. The van der Waals surface area contributed by atoms with Crippen LogP contribution in [0.5, 0.6) is 0 Å². The van der Waals surface area contributed by atoms with Gasteiger partial charge in [-0.2, -0.15) is 0 Å². The summed E-state index contributed by atoms with van der Waals surface area (Å²) in [5.74, 6) is 0.416. The van der Waals surface area contributed by atoms with E-state index in [1.807, 2.05) is 94.4 Å². The molecule has 10 aromatic rings. The topological polar surface area (TPSA) is 398 Å². The quantitative estimate of drug-likeness (QED) is 0.0144. The molecule has 12 rings (SSSR count). The molecule has 0 aliphatic carbocycles. The maximum Gasteiger partial charge on any atom is 0.460 e. The molecule has 31 heteroatoms. The third-order valence-electron chi connectivity index (χ3n) is 15.9. The molecule has 2 aliphatic rings. The number of nitrogens with one attached hydrogen (secondary N) is 3. The van der Waals surface area contributed by atoms with Gasteiger partial charge in [0.15, 0.2) is 5.52 Å². The Balaban J connectivity index is 0.000000171. The molecule has 0 atom stereocenters. The Morgan fingerprint density at radius 2 is 0.980 bits per heavy atom. The van der Waals surface area contributed by atoms with Crippen molar-refractivity contribution in [2.24, 2.45) is 0 Å². The van der Waals surface area contributed by atoms with Crippen LogP contribution < -0.4 is 51.5 Å². The highest BCUT2D eigenvalue weighted by Crippen LogP contribution is 2.22. The third kappa shape index (κ3) is 23.1. The van der Waals surface area contributed by atoms with Gasteiger partial charge in [0.05, 0.1) is 48.1 Å². The highest BCUT2D eigenvalue weighted by molar-refractivity contribution is 6.28. The summed E-state index contributed by atoms with van der Waals surface area (Å²) in [4.78, 5) is 39.8. The largest absolute Gasteiger partial charge is 0.739 e. The number of fused-ring (bicyclic) bond motifs is 4. The zero-order valence-electron chi connectivity index (χ0n) is 56.9. The van der Waals surface area contributed by atoms with Crippen molar-refractivity contribution in [1.29, 1.82) is 0 Å². The van der Waals surface area contributed by atoms with Crippen molar-refractivity contribution in [3.63, 3.8) is 0 Å². The number of anilines is 5. The van der Waals surface area contributed by atoms with Crippen molar-refractivity contribution < 1.29 is 43.3 Å². The number of aromatic nitrogens is 12. The first-order valence-corrected chi connectivity index (χ1v) is 33.4. The molecule has 2 saturated heterocycles. The first kappa shape index (κ1) is 76.0. The Hall–Kier alpha value is -10.4. The summed E-state index contributed by atoms with van der Waals surface area (Å²) in [6, 6.07) is 34.4. The molecule has 6 heterocycles. The molecule has 2 fully saturated rings. The van der Waals surface area contributed by atoms with Gasteiger partial charge in [0.25, 0.3) is 44.9 Å². The summed E-state index contributed by atoms with van der Waals surface area (Å²) in [6.45, 7) is 24.1. The first-order valence-electron chi connectivity index (χ1n) is 33.0. The smallest absolute Gasteiger partial charge is 0.460 e. The lowest BCUT2D eigenvalue weighted by molar-refractivity contribution is -0.672. The van der Waals surface area contributed by atoms with Crippen LogP contribution in [0.1, 0.15) is 94.7 Å². The minimum absolute atomic E-state index is 0.000697. The predicted octanol–water partition coefficient (Wildman–Crippen LogP) is 6.99. The van der Waals surface area contributed by atoms with Crippen LogP contribution in [0.2, 0.25) is 5.28 Å². The number of amides is 1. The standard InChI is InChI=1S/C16H23N5O3.C16H23N5O2.C10H13NO.C9H8ClN3O.C9H10N4O.C8H10N2O2/c1-2-13-4-5-14-15(12-13)20(22)16(18-21(14)23)17-6-3-7-19-8-10-24-11-9-19;1-2-13-4-5-15-14(12-13)18-16(19-21(15)22)17-6-3-7-20-8-10-23-11-9-20;1-3-9-5-4-6-10(7-9)11-8(2)12;2*1-2-6-3-4-8-7(5-6)11-9(10)12-13(8)14;1-2-6-3-4-8(10(11)12)7(9)5-6/h4-5,12H,2-3,6-11H2,1H3,(H,17,18);4-5,12H,2-3,6-11H2,1H3,(H,17,18,19);4-7H,3H2,1-2H3,(H,11,12);3-5H,2H2,1H3;3-5H,2H2,1H3,(H2,10,11,12);3-5H,2,9H2,1H3. The molecule has 7 N–H and O–H groups in total. The number of nitrogens with zero attached hydrogens (tertiary/aromatic N) is 15. The van der Waals surface area contributed by atoms with Crippen molar-refractivity contribution in [3.05, 3.63) is 190 Å². The summed E-state index contributed by atoms with van der Waals surface area (Å²) in [6.07, 6.45) is 7.20. The van der Waals surface area contributed by atoms with E-state index in [4.69, 9.17) is 32.5 Å². The normalized spacial score (nSPS) is 12.8. The Labute approximate surface area is 578 Å². The van der Waals surface area contributed by atoms with Crippen LogP contribution in [0.3, 0.4) is 0 Å². The Bertz CT molecular complexity index is 4210. The lowest BCUT2D eigenvalue weighted by Gasteiger charge is -2.26. The molecule has 0 unspecified atom stereocenters. The highest BCUT2D eigenvalue weighted by atomic mass is 35.5. The fourth-order valence-electron chi connectivity index (χ4n) is 10.2. The number of nitrogen functional groups attached to an aromatic ring is 2. The van der Waals surface area contributed by atoms with Crippen LogP contribution in [0.4, 0.5) is 34.9 Å². The average molecular weight is 1380 g/mol. The molecule has 1 amide bonds. The van der Waals surface area contributed by atoms with E-state index in [-0.39, 0.29) is 40.0 Å². The average Bonchev–Trinajstić information content (AvgIpc) is 0.805. The van der Waals surface area contributed by atoms with Gasteiger partial charge in [-0.15, -0.1) is 0 Å². The number of hydrogen-bond acceptors (Lipinski definition) is 23. The lowest BCUT2D eigenvalue weighted by atomic mass is 10.1. The molecule has 0 radical (unpaired) electrons. The molecular formula is C68H87ClN20O10. The van der Waals surface area contributed by atoms with Gasteiger partial charge in [-0.1, -0.05) is 84.0 Å². The number of nitro benzene ring substituents is 1. The van der Waals surface area contributed by atoms with E-state index in [1.165, 1.54) is 18.6 Å². The van der Waals surface area contributed by atoms with E-state index >= 15 is 0 Å². The second kappa shape index (κ2) is 38.5. The zero-order valence-corrected chi connectivity index (χ0v) is 57.7. The van der Waals surface area contributed by atoms with Crippen LogP contribution in [-0.4, -0.2) is 135 Å². The van der Waals surface area contributed by atoms with Crippen LogP contribution in [-0.2, 0) is 52.8 Å². The second-order valence-corrected chi connectivity index (χ2v) is 23.1. The number of carbonyl (C=O) groups is 1. The van der Waals surface area contributed by atoms with Crippen molar-refractivity contribution in [1.82, 2.24) is 45.1 Å². The fourth-order valence-corrected chi connectivity index (χ4v) is 10.4. The summed E-state index contributed by atoms with van der Waals surface area (Å²) < 4.78 is 11.4. The molecular weight excluding hydrogens is 1290 g/mol. The zero-order chi connectivity index (χ0) is 71.4. The molecule has 99 heavy (non-hydrogen) atoms. The molecule has 0 spiro atoms. The van der Waals surface area contributed by atoms with Crippen molar-refractivity contribution in [3.8, 4) is 0 Å². The van der Waals surface area contributed by atoms with Crippen LogP contribution in [0.15, 0.2) is 115 Å². The van der Waals surface area contributed by atoms with Gasteiger partial charge >= 0.3 is 5.95 Å². The fraction of sp³-hybridized carbons (Fsp3) is 0.397. The minimum Gasteiger partial charge on any atom is -0.739 e. The second-order valence-electron chi connectivity index (χ2n) is 22.8. The molecule has 0 bridgehead atoms. The summed E-state index contributed by atoms with van der Waals surface area (Å²) >= 11 is 5.58. The molecule has 6 aromatic carbocycles. The lowest BCUT2D eigenvalue weighted by Crippen LogP contribution is -2.44. The Kier molecular flexibility index (Phi) is 29.6. The van der Waals surface area contributed by atoms with E-state index < -0.39 is 4.92 Å². The van der Waals surface area contributed by atoms with E-state index in [0.29, 0.717) is 75.2 Å². The van der Waals surface area contributed by atoms with Gasteiger partial charge in [0.1, 0.15) is 22.2 Å². The molecule has 30 nitrogen and oxygen atoms in total. The molecule has 0 saturated carbocycles. The SMILES string of the molecule is CCc1ccc([N+](=O)[O-])c(N)c1.CCc1ccc2c(c1)[n+]([O-])c(NCCCN1CCOCC1)n[n+]2[O-].CCc1ccc2c(c1)nc(Cl)n[n+]2[O-].CCc1ccc2c(c1)nc(N)n[n+]2[O-].CCc1ccc2c(c1)nc(NCCCN1CCOCC1)n[n+]2[O-].CCc1cccc(NC(C)=O)c1. The maximum absolute atomic E-state index is 12.5. The van der Waals surface area contributed by atoms with Gasteiger partial charge in [0.2, 0.25) is 11.0 Å². The van der Waals surface area contributed by atoms with E-state index in [0.717, 1.165) is 157 Å².